The van der Waals surface area contributed by atoms with Gasteiger partial charge < -0.3 is 9.67 Å². The number of hydrogen-bond donors (Lipinski definition) is 2. The molecule has 0 spiro atoms. The molecule has 1 aromatic heterocycles. The van der Waals surface area contributed by atoms with Crippen molar-refractivity contribution in [2.45, 2.75) is 43.5 Å². The van der Waals surface area contributed by atoms with Gasteiger partial charge in [0.05, 0.1) is 11.3 Å². The Labute approximate surface area is 184 Å². The van der Waals surface area contributed by atoms with Gasteiger partial charge in [-0.2, -0.15) is 0 Å². The highest BCUT2D eigenvalue weighted by molar-refractivity contribution is 9.10. The van der Waals surface area contributed by atoms with Crippen molar-refractivity contribution in [1.29, 1.82) is 0 Å². The fraction of sp³-hybridized carbons (Fsp3) is 0.318. The summed E-state index contributed by atoms with van der Waals surface area (Å²) in [5, 5.41) is 10.3. The van der Waals surface area contributed by atoms with Crippen LogP contribution in [0.5, 0.6) is 0 Å². The Morgan fingerprint density at radius 1 is 1.23 bits per heavy atom. The molecule has 6 nitrogen and oxygen atoms in total. The number of nitrogens with zero attached hydrogens (tertiary/aromatic N) is 1. The van der Waals surface area contributed by atoms with E-state index in [1.54, 1.807) is 24.3 Å². The predicted molar refractivity (Wildman–Crippen MR) is 119 cm³/mol. The molecule has 30 heavy (non-hydrogen) atoms. The van der Waals surface area contributed by atoms with Gasteiger partial charge in [-0.25, -0.2) is 13.1 Å². The highest BCUT2D eigenvalue weighted by atomic mass is 79.9. The third-order valence-electron chi connectivity index (χ3n) is 5.85. The molecule has 4 rings (SSSR count). The van der Waals surface area contributed by atoms with Crippen LogP contribution in [0, 0.1) is 6.92 Å². The Kier molecular flexibility index (Phi) is 5.74. The maximum absolute atomic E-state index is 12.7. The number of carboxylic acids is 1. The number of carbonyl (C=O) groups is 1. The fourth-order valence-corrected chi connectivity index (χ4v) is 5.76. The van der Waals surface area contributed by atoms with E-state index in [1.807, 2.05) is 19.1 Å². The minimum absolute atomic E-state index is 0.0405. The zero-order valence-corrected chi connectivity index (χ0v) is 19.0. The average molecular weight is 491 g/mol. The van der Waals surface area contributed by atoms with E-state index in [-0.39, 0.29) is 17.2 Å². The standard InChI is InChI=1S/C22H23BrN2O4S/c1-14-21-16(13-24-30(28,29)18-9-7-17(23)8-10-18)6-5-15-3-2-4-19(22(15)21)25(14)12-11-20(26)27/h2-4,7-10,16,24H,5-6,11-13H2,1H3,(H,26,27). The molecule has 2 N–H and O–H groups in total. The molecular formula is C22H23BrN2O4S. The number of aromatic nitrogens is 1. The predicted octanol–water partition coefficient (Wildman–Crippen LogP) is 4.20. The van der Waals surface area contributed by atoms with Crippen LogP contribution in [0.4, 0.5) is 0 Å². The fourth-order valence-electron chi connectivity index (χ4n) is 4.42. The molecule has 1 heterocycles. The van der Waals surface area contributed by atoms with Gasteiger partial charge in [0.15, 0.2) is 0 Å². The summed E-state index contributed by atoms with van der Waals surface area (Å²) in [5.41, 5.74) is 4.43. The Balaban J connectivity index is 1.65. The number of aliphatic carboxylic acids is 1. The maximum Gasteiger partial charge on any atom is 0.305 e. The van der Waals surface area contributed by atoms with Crippen molar-refractivity contribution < 1.29 is 18.3 Å². The van der Waals surface area contributed by atoms with Gasteiger partial charge in [-0.3, -0.25) is 4.79 Å². The molecule has 8 heteroatoms. The monoisotopic (exact) mass is 490 g/mol. The van der Waals surface area contributed by atoms with Crippen LogP contribution >= 0.6 is 15.9 Å². The molecule has 0 fully saturated rings. The van der Waals surface area contributed by atoms with Gasteiger partial charge in [0.25, 0.3) is 0 Å². The van der Waals surface area contributed by atoms with Crippen LogP contribution in [-0.2, 0) is 27.8 Å². The highest BCUT2D eigenvalue weighted by Crippen LogP contribution is 2.40. The quantitative estimate of drug-likeness (QED) is 0.519. The second kappa shape index (κ2) is 8.17. The van der Waals surface area contributed by atoms with Crippen molar-refractivity contribution in [1.82, 2.24) is 9.29 Å². The molecule has 0 saturated heterocycles. The van der Waals surface area contributed by atoms with Gasteiger partial charge in [0, 0.05) is 40.1 Å². The lowest BCUT2D eigenvalue weighted by Crippen LogP contribution is -2.30. The number of halogens is 1. The van der Waals surface area contributed by atoms with Crippen molar-refractivity contribution in [2.24, 2.45) is 0 Å². The van der Waals surface area contributed by atoms with Gasteiger partial charge >= 0.3 is 5.97 Å². The van der Waals surface area contributed by atoms with E-state index in [0.717, 1.165) is 39.5 Å². The van der Waals surface area contributed by atoms with Crippen molar-refractivity contribution in [3.05, 3.63) is 63.8 Å². The number of hydrogen-bond acceptors (Lipinski definition) is 3. The van der Waals surface area contributed by atoms with Gasteiger partial charge in [-0.1, -0.05) is 28.1 Å². The third kappa shape index (κ3) is 3.91. The van der Waals surface area contributed by atoms with Gasteiger partial charge in [-0.05, 0) is 61.2 Å². The van der Waals surface area contributed by atoms with E-state index < -0.39 is 16.0 Å². The molecule has 0 saturated carbocycles. The molecule has 1 aliphatic carbocycles. The summed E-state index contributed by atoms with van der Waals surface area (Å²) in [5.74, 6) is -0.790. The first-order valence-electron chi connectivity index (χ1n) is 9.85. The second-order valence-corrected chi connectivity index (χ2v) is 10.3. The Morgan fingerprint density at radius 3 is 2.67 bits per heavy atom. The first-order valence-corrected chi connectivity index (χ1v) is 12.1. The summed E-state index contributed by atoms with van der Waals surface area (Å²) in [6, 6.07) is 12.7. The van der Waals surface area contributed by atoms with Crippen LogP contribution in [0.1, 0.15) is 35.6 Å². The number of rotatable bonds is 7. The second-order valence-electron chi connectivity index (χ2n) is 7.65. The number of sulfonamides is 1. The molecule has 1 unspecified atom stereocenters. The van der Waals surface area contributed by atoms with E-state index in [1.165, 1.54) is 5.56 Å². The SMILES string of the molecule is Cc1c2c3c(cccc3n1CCC(=O)O)CCC2CNS(=O)(=O)c1ccc(Br)cc1. The molecule has 158 valence electrons. The molecule has 0 radical (unpaired) electrons. The van der Waals surface area contributed by atoms with Crippen molar-refractivity contribution in [2.75, 3.05) is 6.54 Å². The molecular weight excluding hydrogens is 468 g/mol. The zero-order chi connectivity index (χ0) is 21.5. The number of carboxylic acid groups (broad SMARTS) is 1. The van der Waals surface area contributed by atoms with Crippen molar-refractivity contribution >= 4 is 42.8 Å². The topological polar surface area (TPSA) is 88.4 Å². The van der Waals surface area contributed by atoms with E-state index in [2.05, 4.69) is 31.3 Å². The smallest absolute Gasteiger partial charge is 0.305 e. The van der Waals surface area contributed by atoms with Crippen LogP contribution < -0.4 is 4.72 Å². The first-order chi connectivity index (χ1) is 14.3. The Bertz CT molecular complexity index is 1220. The molecule has 2 aromatic carbocycles. The molecule has 0 bridgehead atoms. The van der Waals surface area contributed by atoms with Crippen molar-refractivity contribution in [3.63, 3.8) is 0 Å². The molecule has 3 aromatic rings. The van der Waals surface area contributed by atoms with Crippen LogP contribution in [0.2, 0.25) is 0 Å². The summed E-state index contributed by atoms with van der Waals surface area (Å²) >= 11 is 3.32. The number of nitrogens with one attached hydrogen (secondary N) is 1. The number of benzene rings is 2. The Morgan fingerprint density at radius 2 is 1.97 bits per heavy atom. The van der Waals surface area contributed by atoms with E-state index >= 15 is 0 Å². The largest absolute Gasteiger partial charge is 0.481 e. The molecule has 1 atom stereocenters. The lowest BCUT2D eigenvalue weighted by molar-refractivity contribution is -0.137. The molecule has 1 aliphatic rings. The number of aryl methyl sites for hydroxylation is 2. The minimum atomic E-state index is -3.61. The summed E-state index contributed by atoms with van der Waals surface area (Å²) in [4.78, 5) is 11.4. The van der Waals surface area contributed by atoms with Crippen molar-refractivity contribution in [3.8, 4) is 0 Å². The lowest BCUT2D eigenvalue weighted by atomic mass is 9.83. The normalized spacial score (nSPS) is 16.1. The summed E-state index contributed by atoms with van der Waals surface area (Å²) in [6.07, 6.45) is 1.77. The van der Waals surface area contributed by atoms with Crippen LogP contribution in [-0.4, -0.2) is 30.6 Å². The van der Waals surface area contributed by atoms with Crippen LogP contribution in [0.25, 0.3) is 10.9 Å². The van der Waals surface area contributed by atoms with E-state index in [9.17, 15) is 13.2 Å². The first kappa shape index (κ1) is 21.1. The maximum atomic E-state index is 12.7. The molecule has 0 amide bonds. The summed E-state index contributed by atoms with van der Waals surface area (Å²) < 4.78 is 31.2. The van der Waals surface area contributed by atoms with Crippen LogP contribution in [0.15, 0.2) is 51.8 Å². The third-order valence-corrected chi connectivity index (χ3v) is 7.82. The average Bonchev–Trinajstić information content (AvgIpc) is 3.00. The van der Waals surface area contributed by atoms with E-state index in [0.29, 0.717) is 13.1 Å². The van der Waals surface area contributed by atoms with Gasteiger partial charge in [0.1, 0.15) is 0 Å². The highest BCUT2D eigenvalue weighted by Gasteiger charge is 2.28. The minimum Gasteiger partial charge on any atom is -0.481 e. The van der Waals surface area contributed by atoms with Gasteiger partial charge in [0.2, 0.25) is 10.0 Å². The van der Waals surface area contributed by atoms with Gasteiger partial charge in [-0.15, -0.1) is 0 Å². The summed E-state index contributed by atoms with van der Waals surface area (Å²) in [7, 11) is -3.61. The van der Waals surface area contributed by atoms with Crippen LogP contribution in [0.3, 0.4) is 0 Å². The van der Waals surface area contributed by atoms with E-state index in [4.69, 9.17) is 5.11 Å². The summed E-state index contributed by atoms with van der Waals surface area (Å²) in [6.45, 7) is 2.71. The Hall–Kier alpha value is -2.16. The molecule has 0 aliphatic heterocycles. The zero-order valence-electron chi connectivity index (χ0n) is 16.6. The lowest BCUT2D eigenvalue weighted by Gasteiger charge is -2.24.